The van der Waals surface area contributed by atoms with Crippen LogP contribution in [0.1, 0.15) is 39.2 Å². The number of hydrogen-bond acceptors (Lipinski definition) is 2. The molecule has 0 amide bonds. The Morgan fingerprint density at radius 3 is 2.67 bits per heavy atom. The van der Waals surface area contributed by atoms with Gasteiger partial charge in [-0.15, -0.1) is 0 Å². The maximum atomic E-state index is 3.56. The minimum absolute atomic E-state index is 0.580. The highest BCUT2D eigenvalue weighted by atomic mass is 79.9. The van der Waals surface area contributed by atoms with Gasteiger partial charge in [-0.25, -0.2) is 0 Å². The smallest absolute Gasteiger partial charge is 0.0412 e. The number of benzene rings is 1. The van der Waals surface area contributed by atoms with Gasteiger partial charge in [0.1, 0.15) is 0 Å². The number of rotatable bonds is 7. The molecule has 18 heavy (non-hydrogen) atoms. The monoisotopic (exact) mass is 312 g/mol. The van der Waals surface area contributed by atoms with Gasteiger partial charge in [-0.2, -0.15) is 0 Å². The molecule has 1 aromatic carbocycles. The summed E-state index contributed by atoms with van der Waals surface area (Å²) in [6.07, 6.45) is 2.46. The van der Waals surface area contributed by atoms with Crippen molar-refractivity contribution in [1.29, 1.82) is 0 Å². The lowest BCUT2D eigenvalue weighted by atomic mass is 10.1. The van der Waals surface area contributed by atoms with Crippen LogP contribution in [-0.2, 0) is 6.54 Å². The van der Waals surface area contributed by atoms with Crippen molar-refractivity contribution in [2.45, 2.75) is 46.2 Å². The Morgan fingerprint density at radius 2 is 2.06 bits per heavy atom. The van der Waals surface area contributed by atoms with Crippen molar-refractivity contribution in [2.75, 3.05) is 18.5 Å². The molecule has 1 N–H and O–H groups in total. The van der Waals surface area contributed by atoms with Crippen LogP contribution in [0.15, 0.2) is 22.7 Å². The van der Waals surface area contributed by atoms with Crippen LogP contribution in [0.3, 0.4) is 0 Å². The molecule has 1 rings (SSSR count). The molecule has 1 unspecified atom stereocenters. The van der Waals surface area contributed by atoms with E-state index in [1.165, 1.54) is 24.1 Å². The van der Waals surface area contributed by atoms with E-state index in [-0.39, 0.29) is 0 Å². The summed E-state index contributed by atoms with van der Waals surface area (Å²) in [7, 11) is 2.19. The van der Waals surface area contributed by atoms with Crippen molar-refractivity contribution >= 4 is 21.6 Å². The predicted molar refractivity (Wildman–Crippen MR) is 84.3 cm³/mol. The van der Waals surface area contributed by atoms with E-state index in [2.05, 4.69) is 72.2 Å². The summed E-state index contributed by atoms with van der Waals surface area (Å²) < 4.78 is 1.15. The summed E-state index contributed by atoms with van der Waals surface area (Å²) in [6, 6.07) is 7.13. The molecule has 0 aliphatic carbocycles. The van der Waals surface area contributed by atoms with Gasteiger partial charge in [-0.3, -0.25) is 0 Å². The maximum Gasteiger partial charge on any atom is 0.0412 e. The molecule has 2 nitrogen and oxygen atoms in total. The summed E-state index contributed by atoms with van der Waals surface area (Å²) in [5.74, 6) is 0. The van der Waals surface area contributed by atoms with Crippen molar-refractivity contribution in [2.24, 2.45) is 0 Å². The molecule has 1 aromatic rings. The molecule has 102 valence electrons. The summed E-state index contributed by atoms with van der Waals surface area (Å²) in [5, 5.41) is 3.41. The Kier molecular flexibility index (Phi) is 6.72. The van der Waals surface area contributed by atoms with Gasteiger partial charge in [0, 0.05) is 29.8 Å². The molecule has 0 aromatic heterocycles. The number of nitrogens with zero attached hydrogens (tertiary/aromatic N) is 1. The van der Waals surface area contributed by atoms with Crippen LogP contribution < -0.4 is 10.2 Å². The fourth-order valence-electron chi connectivity index (χ4n) is 2.15. The van der Waals surface area contributed by atoms with Crippen LogP contribution in [0.25, 0.3) is 0 Å². The summed E-state index contributed by atoms with van der Waals surface area (Å²) >= 11 is 3.56. The van der Waals surface area contributed by atoms with Crippen LogP contribution in [0.2, 0.25) is 0 Å². The SMILES string of the molecule is CCCC(C)N(C)c1ccc(Br)cc1CNCC. The molecule has 3 heteroatoms. The highest BCUT2D eigenvalue weighted by molar-refractivity contribution is 9.10. The fourth-order valence-corrected chi connectivity index (χ4v) is 2.56. The quantitative estimate of drug-likeness (QED) is 0.812. The fraction of sp³-hybridized carbons (Fsp3) is 0.600. The Labute approximate surface area is 120 Å². The van der Waals surface area contributed by atoms with Crippen molar-refractivity contribution in [3.8, 4) is 0 Å². The maximum absolute atomic E-state index is 3.56. The van der Waals surface area contributed by atoms with Crippen LogP contribution in [0.4, 0.5) is 5.69 Å². The zero-order valence-electron chi connectivity index (χ0n) is 12.0. The highest BCUT2D eigenvalue weighted by Crippen LogP contribution is 2.26. The van der Waals surface area contributed by atoms with E-state index in [9.17, 15) is 0 Å². The molecule has 0 bridgehead atoms. The lowest BCUT2D eigenvalue weighted by molar-refractivity contribution is 0.612. The average molecular weight is 313 g/mol. The van der Waals surface area contributed by atoms with Gasteiger partial charge < -0.3 is 10.2 Å². The van der Waals surface area contributed by atoms with E-state index in [0.29, 0.717) is 6.04 Å². The minimum Gasteiger partial charge on any atom is -0.372 e. The zero-order chi connectivity index (χ0) is 13.5. The topological polar surface area (TPSA) is 15.3 Å². The van der Waals surface area contributed by atoms with Crippen LogP contribution in [-0.4, -0.2) is 19.6 Å². The molecule has 0 aliphatic heterocycles. The Bertz CT molecular complexity index is 366. The Hall–Kier alpha value is -0.540. The number of anilines is 1. The van der Waals surface area contributed by atoms with Crippen molar-refractivity contribution in [3.63, 3.8) is 0 Å². The van der Waals surface area contributed by atoms with E-state index >= 15 is 0 Å². The Morgan fingerprint density at radius 1 is 1.33 bits per heavy atom. The van der Waals surface area contributed by atoms with Crippen LogP contribution in [0.5, 0.6) is 0 Å². The largest absolute Gasteiger partial charge is 0.372 e. The Balaban J connectivity index is 2.91. The highest BCUT2D eigenvalue weighted by Gasteiger charge is 2.13. The molecule has 0 saturated carbocycles. The van der Waals surface area contributed by atoms with Crippen molar-refractivity contribution in [1.82, 2.24) is 5.32 Å². The third kappa shape index (κ3) is 4.29. The van der Waals surface area contributed by atoms with Crippen LogP contribution in [0, 0.1) is 0 Å². The van der Waals surface area contributed by atoms with E-state index in [1.54, 1.807) is 0 Å². The standard InChI is InChI=1S/C15H25BrN2/c1-5-7-12(3)18(4)15-9-8-14(16)10-13(15)11-17-6-2/h8-10,12,17H,5-7,11H2,1-4H3. The predicted octanol–water partition coefficient (Wildman–Crippen LogP) is 4.18. The van der Waals surface area contributed by atoms with Crippen molar-refractivity contribution in [3.05, 3.63) is 28.2 Å². The first-order chi connectivity index (χ1) is 8.60. The first-order valence-corrected chi connectivity index (χ1v) is 7.61. The summed E-state index contributed by atoms with van der Waals surface area (Å²) in [5.41, 5.74) is 2.69. The first-order valence-electron chi connectivity index (χ1n) is 6.82. The van der Waals surface area contributed by atoms with E-state index < -0.39 is 0 Å². The minimum atomic E-state index is 0.580. The molecule has 0 radical (unpaired) electrons. The second-order valence-electron chi connectivity index (χ2n) is 4.80. The van der Waals surface area contributed by atoms with Gasteiger partial charge in [0.15, 0.2) is 0 Å². The van der Waals surface area contributed by atoms with Gasteiger partial charge in [0.2, 0.25) is 0 Å². The first kappa shape index (κ1) is 15.5. The second kappa shape index (κ2) is 7.80. The second-order valence-corrected chi connectivity index (χ2v) is 5.72. The number of nitrogens with one attached hydrogen (secondary N) is 1. The normalized spacial score (nSPS) is 12.5. The third-order valence-corrected chi connectivity index (χ3v) is 3.85. The molecule has 0 saturated heterocycles. The van der Waals surface area contributed by atoms with Crippen LogP contribution >= 0.6 is 15.9 Å². The molecule has 0 fully saturated rings. The summed E-state index contributed by atoms with van der Waals surface area (Å²) in [6.45, 7) is 8.60. The third-order valence-electron chi connectivity index (χ3n) is 3.35. The molecule has 0 heterocycles. The molecule has 1 atom stereocenters. The van der Waals surface area contributed by atoms with Gasteiger partial charge in [0.25, 0.3) is 0 Å². The van der Waals surface area contributed by atoms with Crippen molar-refractivity contribution < 1.29 is 0 Å². The van der Waals surface area contributed by atoms with E-state index in [1.807, 2.05) is 0 Å². The van der Waals surface area contributed by atoms with Gasteiger partial charge in [0.05, 0.1) is 0 Å². The lowest BCUT2D eigenvalue weighted by Gasteiger charge is -2.29. The summed E-state index contributed by atoms with van der Waals surface area (Å²) in [4.78, 5) is 2.39. The average Bonchev–Trinajstić information content (AvgIpc) is 2.36. The van der Waals surface area contributed by atoms with Gasteiger partial charge in [-0.1, -0.05) is 36.2 Å². The van der Waals surface area contributed by atoms with Gasteiger partial charge in [-0.05, 0) is 43.7 Å². The molecule has 0 aliphatic rings. The molecular weight excluding hydrogens is 288 g/mol. The van der Waals surface area contributed by atoms with E-state index in [4.69, 9.17) is 0 Å². The number of hydrogen-bond donors (Lipinski definition) is 1. The van der Waals surface area contributed by atoms with Gasteiger partial charge >= 0.3 is 0 Å². The zero-order valence-corrected chi connectivity index (χ0v) is 13.5. The molecular formula is C15H25BrN2. The van der Waals surface area contributed by atoms with E-state index in [0.717, 1.165) is 17.6 Å². The lowest BCUT2D eigenvalue weighted by Crippen LogP contribution is -2.30. The molecule has 0 spiro atoms. The number of halogens is 1.